The Labute approximate surface area is 140 Å². The molecule has 2 amide bonds. The number of carbonyl (C=O) groups is 1. The predicted molar refractivity (Wildman–Crippen MR) is 91.0 cm³/mol. The topological polar surface area (TPSA) is 78.8 Å². The zero-order chi connectivity index (χ0) is 17.2. The fourth-order valence-corrected chi connectivity index (χ4v) is 3.82. The molecule has 0 aliphatic carbocycles. The monoisotopic (exact) mass is 343 g/mol. The van der Waals surface area contributed by atoms with Crippen LogP contribution in [0.2, 0.25) is 0 Å². The average molecular weight is 343 g/mol. The Balaban J connectivity index is 1.82. The molecule has 0 bridgehead atoms. The summed E-state index contributed by atoms with van der Waals surface area (Å²) in [6.07, 6.45) is 2.15. The highest BCUT2D eigenvalue weighted by Gasteiger charge is 2.31. The molecule has 0 aromatic heterocycles. The van der Waals surface area contributed by atoms with Crippen molar-refractivity contribution < 1.29 is 13.2 Å². The number of hydrogen-bond donors (Lipinski definition) is 1. The molecule has 0 saturated heterocycles. The normalized spacial score (nSPS) is 17.0. The summed E-state index contributed by atoms with van der Waals surface area (Å²) >= 11 is 0. The van der Waals surface area contributed by atoms with Gasteiger partial charge in [-0.25, -0.2) is 22.9 Å². The summed E-state index contributed by atoms with van der Waals surface area (Å²) in [6.45, 7) is 1.68. The summed E-state index contributed by atoms with van der Waals surface area (Å²) in [5.41, 5.74) is 1.47. The van der Waals surface area contributed by atoms with Crippen LogP contribution in [0, 0.1) is 6.92 Å². The number of hydrazone groups is 1. The van der Waals surface area contributed by atoms with Crippen LogP contribution in [0.5, 0.6) is 0 Å². The van der Waals surface area contributed by atoms with Crippen molar-refractivity contribution in [2.45, 2.75) is 24.3 Å². The number of nitrogens with zero attached hydrogens (tertiary/aromatic N) is 2. The van der Waals surface area contributed by atoms with Gasteiger partial charge in [0.15, 0.2) is 0 Å². The van der Waals surface area contributed by atoms with E-state index in [1.165, 1.54) is 11.1 Å². The Kier molecular flexibility index (Phi) is 4.35. The highest BCUT2D eigenvalue weighted by Crippen LogP contribution is 2.28. The molecule has 1 atom stereocenters. The molecule has 1 N–H and O–H groups in total. The van der Waals surface area contributed by atoms with Gasteiger partial charge < -0.3 is 0 Å². The molecule has 124 valence electrons. The number of aryl methyl sites for hydroxylation is 1. The first kappa shape index (κ1) is 16.2. The summed E-state index contributed by atoms with van der Waals surface area (Å²) in [5.74, 6) is 0. The standard InChI is InChI=1S/C17H17N3O3S/c1-13-7-5-6-10-16(13)24(22,23)19-17(21)20-15(11-12-18-20)14-8-3-2-4-9-14/h2-10,12,15H,11H2,1H3,(H,19,21). The summed E-state index contributed by atoms with van der Waals surface area (Å²) in [7, 11) is -3.95. The summed E-state index contributed by atoms with van der Waals surface area (Å²) in [4.78, 5) is 12.5. The van der Waals surface area contributed by atoms with E-state index in [9.17, 15) is 13.2 Å². The Morgan fingerprint density at radius 1 is 1.12 bits per heavy atom. The first-order valence-electron chi connectivity index (χ1n) is 7.48. The van der Waals surface area contributed by atoms with Crippen molar-refractivity contribution in [3.05, 3.63) is 65.7 Å². The van der Waals surface area contributed by atoms with Gasteiger partial charge in [-0.3, -0.25) is 0 Å². The lowest BCUT2D eigenvalue weighted by Gasteiger charge is -2.22. The van der Waals surface area contributed by atoms with Crippen molar-refractivity contribution in [3.63, 3.8) is 0 Å². The van der Waals surface area contributed by atoms with E-state index < -0.39 is 16.1 Å². The SMILES string of the molecule is Cc1ccccc1S(=O)(=O)NC(=O)N1N=CCC1c1ccccc1. The zero-order valence-corrected chi connectivity index (χ0v) is 13.9. The Morgan fingerprint density at radius 3 is 2.50 bits per heavy atom. The highest BCUT2D eigenvalue weighted by atomic mass is 32.2. The maximum atomic E-state index is 12.5. The average Bonchev–Trinajstić information content (AvgIpc) is 3.05. The fourth-order valence-electron chi connectivity index (χ4n) is 2.64. The fraction of sp³-hybridized carbons (Fsp3) is 0.176. The van der Waals surface area contributed by atoms with E-state index in [0.29, 0.717) is 12.0 Å². The molecule has 1 heterocycles. The second kappa shape index (κ2) is 6.45. The number of amides is 2. The molecule has 6 nitrogen and oxygen atoms in total. The molecule has 24 heavy (non-hydrogen) atoms. The number of urea groups is 1. The van der Waals surface area contributed by atoms with Crippen LogP contribution in [0.15, 0.2) is 64.6 Å². The Hall–Kier alpha value is -2.67. The molecule has 0 spiro atoms. The van der Waals surface area contributed by atoms with Crippen molar-refractivity contribution in [2.24, 2.45) is 5.10 Å². The maximum Gasteiger partial charge on any atom is 0.352 e. The van der Waals surface area contributed by atoms with Crippen LogP contribution in [-0.2, 0) is 10.0 Å². The van der Waals surface area contributed by atoms with Gasteiger partial charge in [-0.1, -0.05) is 48.5 Å². The number of hydrogen-bond acceptors (Lipinski definition) is 4. The van der Waals surface area contributed by atoms with Crippen molar-refractivity contribution in [1.82, 2.24) is 9.73 Å². The molecule has 3 rings (SSSR count). The van der Waals surface area contributed by atoms with Gasteiger partial charge in [0.05, 0.1) is 10.9 Å². The lowest BCUT2D eigenvalue weighted by molar-refractivity contribution is 0.192. The third-order valence-corrected chi connectivity index (χ3v) is 5.31. The van der Waals surface area contributed by atoms with E-state index in [1.54, 1.807) is 31.3 Å². The minimum Gasteiger partial charge on any atom is -0.245 e. The van der Waals surface area contributed by atoms with Crippen molar-refractivity contribution in [2.75, 3.05) is 0 Å². The third kappa shape index (κ3) is 3.16. The van der Waals surface area contributed by atoms with Crippen molar-refractivity contribution in [1.29, 1.82) is 0 Å². The minimum absolute atomic E-state index is 0.0813. The summed E-state index contributed by atoms with van der Waals surface area (Å²) in [5, 5.41) is 5.20. The van der Waals surface area contributed by atoms with Gasteiger partial charge in [0.2, 0.25) is 0 Å². The van der Waals surface area contributed by atoms with E-state index >= 15 is 0 Å². The predicted octanol–water partition coefficient (Wildman–Crippen LogP) is 2.83. The number of carbonyl (C=O) groups excluding carboxylic acids is 1. The molecular weight excluding hydrogens is 326 g/mol. The lowest BCUT2D eigenvalue weighted by atomic mass is 10.1. The number of sulfonamides is 1. The van der Waals surface area contributed by atoms with Crippen LogP contribution < -0.4 is 4.72 Å². The summed E-state index contributed by atoms with van der Waals surface area (Å²) in [6, 6.07) is 14.8. The van der Waals surface area contributed by atoms with Gasteiger partial charge >= 0.3 is 6.03 Å². The second-order valence-corrected chi connectivity index (χ2v) is 7.13. The van der Waals surface area contributed by atoms with Crippen LogP contribution in [-0.4, -0.2) is 25.7 Å². The van der Waals surface area contributed by atoms with Crippen LogP contribution in [0.4, 0.5) is 4.79 Å². The first-order chi connectivity index (χ1) is 11.5. The van der Waals surface area contributed by atoms with E-state index in [2.05, 4.69) is 9.82 Å². The van der Waals surface area contributed by atoms with Gasteiger partial charge in [0.25, 0.3) is 10.0 Å². The number of nitrogens with one attached hydrogen (secondary N) is 1. The third-order valence-electron chi connectivity index (χ3n) is 3.83. The molecule has 2 aromatic carbocycles. The Bertz CT molecular complexity index is 879. The van der Waals surface area contributed by atoms with Gasteiger partial charge in [-0.15, -0.1) is 0 Å². The molecule has 1 aliphatic rings. The van der Waals surface area contributed by atoms with Crippen LogP contribution in [0.1, 0.15) is 23.6 Å². The van der Waals surface area contributed by atoms with Crippen molar-refractivity contribution >= 4 is 22.3 Å². The van der Waals surface area contributed by atoms with E-state index in [1.807, 2.05) is 30.3 Å². The van der Waals surface area contributed by atoms with E-state index in [4.69, 9.17) is 0 Å². The number of rotatable bonds is 3. The van der Waals surface area contributed by atoms with Gasteiger partial charge in [0.1, 0.15) is 0 Å². The smallest absolute Gasteiger partial charge is 0.245 e. The van der Waals surface area contributed by atoms with Gasteiger partial charge in [0, 0.05) is 12.6 Å². The van der Waals surface area contributed by atoms with Crippen molar-refractivity contribution in [3.8, 4) is 0 Å². The first-order valence-corrected chi connectivity index (χ1v) is 8.96. The molecule has 1 unspecified atom stereocenters. The molecule has 1 aliphatic heterocycles. The second-order valence-electron chi connectivity index (χ2n) is 5.48. The van der Waals surface area contributed by atoms with E-state index in [-0.39, 0.29) is 10.9 Å². The summed E-state index contributed by atoms with van der Waals surface area (Å²) < 4.78 is 27.0. The molecule has 2 aromatic rings. The molecule has 0 fully saturated rings. The molecular formula is C17H17N3O3S. The molecule has 0 radical (unpaired) electrons. The largest absolute Gasteiger partial charge is 0.352 e. The van der Waals surface area contributed by atoms with Gasteiger partial charge in [-0.2, -0.15) is 5.10 Å². The lowest BCUT2D eigenvalue weighted by Crippen LogP contribution is -2.40. The Morgan fingerprint density at radius 2 is 1.79 bits per heavy atom. The van der Waals surface area contributed by atoms with Crippen LogP contribution >= 0.6 is 0 Å². The quantitative estimate of drug-likeness (QED) is 0.931. The molecule has 7 heteroatoms. The van der Waals surface area contributed by atoms with Crippen LogP contribution in [0.25, 0.3) is 0 Å². The maximum absolute atomic E-state index is 12.5. The van der Waals surface area contributed by atoms with Gasteiger partial charge in [-0.05, 0) is 24.1 Å². The van der Waals surface area contributed by atoms with E-state index in [0.717, 1.165) is 5.56 Å². The minimum atomic E-state index is -3.95. The zero-order valence-electron chi connectivity index (χ0n) is 13.1. The highest BCUT2D eigenvalue weighted by molar-refractivity contribution is 7.90. The van der Waals surface area contributed by atoms with Crippen LogP contribution in [0.3, 0.4) is 0 Å². The molecule has 0 saturated carbocycles. The number of benzene rings is 2.